The van der Waals surface area contributed by atoms with E-state index in [2.05, 4.69) is 56.2 Å². The number of aromatic nitrogens is 4. The molecule has 2 aliphatic carbocycles. The van der Waals surface area contributed by atoms with Crippen molar-refractivity contribution < 1.29 is 4.74 Å². The van der Waals surface area contributed by atoms with Gasteiger partial charge in [-0.15, -0.1) is 22.7 Å². The Bertz CT molecular complexity index is 1810. The van der Waals surface area contributed by atoms with E-state index < -0.39 is 0 Å². The second-order valence-electron chi connectivity index (χ2n) is 11.3. The summed E-state index contributed by atoms with van der Waals surface area (Å²) in [5.74, 6) is 3.22. The third kappa shape index (κ3) is 4.98. The Labute approximate surface area is 252 Å². The molecule has 8 rings (SSSR count). The number of nitrogens with one attached hydrogen (secondary N) is 1. The SMILES string of the molecule is CC1CCc2c(sc3ncnc(Cl)c23)C1.COc1cc2c(cc1Nc1ncnc3sc4c(c13)CCC(C)C4)C=NC2. The normalized spacial score (nSPS) is 18.9. The molecule has 2 atom stereocenters. The lowest BCUT2D eigenvalue weighted by molar-refractivity contribution is 0.416. The van der Waals surface area contributed by atoms with Crippen molar-refractivity contribution in [1.29, 1.82) is 0 Å². The quantitative estimate of drug-likeness (QED) is 0.211. The highest BCUT2D eigenvalue weighted by atomic mass is 35.5. The molecule has 0 saturated carbocycles. The van der Waals surface area contributed by atoms with Crippen LogP contribution in [0.3, 0.4) is 0 Å². The zero-order valence-corrected chi connectivity index (χ0v) is 25.7. The number of nitrogens with zero attached hydrogens (tertiary/aromatic N) is 5. The van der Waals surface area contributed by atoms with Crippen molar-refractivity contribution in [2.45, 2.75) is 58.9 Å². The van der Waals surface area contributed by atoms with E-state index in [0.29, 0.717) is 5.15 Å². The number of rotatable bonds is 3. The molecule has 5 aromatic rings. The van der Waals surface area contributed by atoms with Crippen molar-refractivity contribution in [1.82, 2.24) is 19.9 Å². The standard InChI is InChI=1S/C20H20N4OS.C11H11ClN2S/c1-11-3-4-14-17(5-11)26-20-18(14)19(22-10-23-20)24-15-6-12-8-21-9-13(12)7-16(15)25-2;1-6-2-3-7-8(4-6)15-11-9(7)10(12)13-5-14-11/h6-8,10-11H,3-5,9H2,1-2H3,(H,22,23,24);5-6H,2-4H2,1H3. The largest absolute Gasteiger partial charge is 0.495 e. The summed E-state index contributed by atoms with van der Waals surface area (Å²) < 4.78 is 5.60. The molecule has 4 aromatic heterocycles. The summed E-state index contributed by atoms with van der Waals surface area (Å²) in [5.41, 5.74) is 6.08. The van der Waals surface area contributed by atoms with Gasteiger partial charge in [0, 0.05) is 16.0 Å². The number of aryl methyl sites for hydroxylation is 2. The first-order valence-corrected chi connectivity index (χ1v) is 16.1. The summed E-state index contributed by atoms with van der Waals surface area (Å²) in [4.78, 5) is 26.9. The maximum atomic E-state index is 6.13. The number of methoxy groups -OCH3 is 1. The van der Waals surface area contributed by atoms with Crippen LogP contribution >= 0.6 is 34.3 Å². The van der Waals surface area contributed by atoms with Crippen LogP contribution in [0.2, 0.25) is 5.15 Å². The molecular weight excluding hydrogens is 572 g/mol. The van der Waals surface area contributed by atoms with Gasteiger partial charge in [0.25, 0.3) is 0 Å². The first-order valence-electron chi connectivity index (χ1n) is 14.1. The van der Waals surface area contributed by atoms with Gasteiger partial charge in [-0.2, -0.15) is 0 Å². The minimum absolute atomic E-state index is 0.618. The zero-order valence-electron chi connectivity index (χ0n) is 23.3. The van der Waals surface area contributed by atoms with Gasteiger partial charge in [0.1, 0.15) is 39.0 Å². The maximum Gasteiger partial charge on any atom is 0.142 e. The lowest BCUT2D eigenvalue weighted by Gasteiger charge is -2.18. The fraction of sp³-hybridized carbons (Fsp3) is 0.387. The van der Waals surface area contributed by atoms with Crippen molar-refractivity contribution in [3.63, 3.8) is 0 Å². The number of hydrogen-bond acceptors (Lipinski definition) is 9. The van der Waals surface area contributed by atoms with Crippen LogP contribution in [0.5, 0.6) is 5.75 Å². The molecule has 0 saturated heterocycles. The summed E-state index contributed by atoms with van der Waals surface area (Å²) in [7, 11) is 1.70. The number of ether oxygens (including phenoxy) is 1. The van der Waals surface area contributed by atoms with E-state index >= 15 is 0 Å². The van der Waals surface area contributed by atoms with Gasteiger partial charge in [-0.1, -0.05) is 25.4 Å². The lowest BCUT2D eigenvalue weighted by atomic mass is 9.89. The molecule has 7 nitrogen and oxygen atoms in total. The fourth-order valence-corrected chi connectivity index (χ4v) is 9.14. The third-order valence-electron chi connectivity index (χ3n) is 8.34. The van der Waals surface area contributed by atoms with E-state index in [9.17, 15) is 0 Å². The zero-order chi connectivity index (χ0) is 28.1. The summed E-state index contributed by atoms with van der Waals surface area (Å²) in [6.07, 6.45) is 12.2. The number of benzene rings is 1. The van der Waals surface area contributed by atoms with Crippen LogP contribution in [-0.2, 0) is 32.2 Å². The van der Waals surface area contributed by atoms with E-state index in [1.807, 2.05) is 17.6 Å². The summed E-state index contributed by atoms with van der Waals surface area (Å²) in [6.45, 7) is 5.36. The molecule has 2 unspecified atom stereocenters. The highest BCUT2D eigenvalue weighted by molar-refractivity contribution is 7.19. The molecule has 3 aliphatic rings. The Hall–Kier alpha value is -3.14. The molecule has 0 radical (unpaired) electrons. The van der Waals surface area contributed by atoms with Crippen molar-refractivity contribution in [2.24, 2.45) is 16.8 Å². The van der Waals surface area contributed by atoms with Gasteiger partial charge < -0.3 is 10.1 Å². The van der Waals surface area contributed by atoms with E-state index in [1.54, 1.807) is 31.1 Å². The molecule has 0 spiro atoms. The number of halogens is 1. The lowest BCUT2D eigenvalue weighted by Crippen LogP contribution is -2.09. The van der Waals surface area contributed by atoms with Crippen LogP contribution in [0.1, 0.15) is 58.7 Å². The van der Waals surface area contributed by atoms with Crippen LogP contribution in [0.4, 0.5) is 11.5 Å². The van der Waals surface area contributed by atoms with Crippen LogP contribution in [0.25, 0.3) is 20.4 Å². The molecule has 1 N–H and O–H groups in total. The van der Waals surface area contributed by atoms with Crippen molar-refractivity contribution in [2.75, 3.05) is 12.4 Å². The van der Waals surface area contributed by atoms with Gasteiger partial charge in [-0.05, 0) is 84.7 Å². The molecule has 0 fully saturated rings. The second kappa shape index (κ2) is 10.9. The Morgan fingerprint density at radius 3 is 2.24 bits per heavy atom. The van der Waals surface area contributed by atoms with E-state index in [0.717, 1.165) is 75.5 Å². The molecule has 41 heavy (non-hydrogen) atoms. The predicted molar refractivity (Wildman–Crippen MR) is 170 cm³/mol. The Balaban J connectivity index is 0.000000156. The van der Waals surface area contributed by atoms with E-state index in [1.165, 1.54) is 51.1 Å². The van der Waals surface area contributed by atoms with Gasteiger partial charge in [0.15, 0.2) is 0 Å². The van der Waals surface area contributed by atoms with Gasteiger partial charge in [-0.25, -0.2) is 19.9 Å². The van der Waals surface area contributed by atoms with Crippen LogP contribution in [0, 0.1) is 11.8 Å². The minimum atomic E-state index is 0.618. The van der Waals surface area contributed by atoms with E-state index in [-0.39, 0.29) is 0 Å². The summed E-state index contributed by atoms with van der Waals surface area (Å²) in [5, 5.41) is 6.41. The summed E-state index contributed by atoms with van der Waals surface area (Å²) in [6, 6.07) is 4.16. The molecule has 1 aliphatic heterocycles. The monoisotopic (exact) mass is 602 g/mol. The average Bonchev–Trinajstić information content (AvgIpc) is 3.67. The Morgan fingerprint density at radius 2 is 1.54 bits per heavy atom. The second-order valence-corrected chi connectivity index (χ2v) is 13.8. The third-order valence-corrected chi connectivity index (χ3v) is 11.0. The van der Waals surface area contributed by atoms with Crippen molar-refractivity contribution in [3.05, 3.63) is 61.9 Å². The smallest absolute Gasteiger partial charge is 0.142 e. The molecular formula is C31H31ClN6OS2. The molecule has 10 heteroatoms. The highest BCUT2D eigenvalue weighted by Crippen LogP contribution is 2.42. The number of anilines is 2. The first-order chi connectivity index (χ1) is 20.0. The van der Waals surface area contributed by atoms with Crippen LogP contribution in [-0.4, -0.2) is 33.3 Å². The van der Waals surface area contributed by atoms with Crippen LogP contribution in [0.15, 0.2) is 29.8 Å². The van der Waals surface area contributed by atoms with Gasteiger partial charge in [-0.3, -0.25) is 4.99 Å². The number of fused-ring (bicyclic) bond motifs is 7. The van der Waals surface area contributed by atoms with Gasteiger partial charge in [0.05, 0.1) is 30.1 Å². The number of aliphatic imine (C=N–C) groups is 1. The molecule has 0 amide bonds. The first kappa shape index (κ1) is 26.7. The predicted octanol–water partition coefficient (Wildman–Crippen LogP) is 7.97. The molecule has 0 bridgehead atoms. The Morgan fingerprint density at radius 1 is 0.878 bits per heavy atom. The summed E-state index contributed by atoms with van der Waals surface area (Å²) >= 11 is 9.72. The van der Waals surface area contributed by atoms with Gasteiger partial charge in [0.2, 0.25) is 0 Å². The highest BCUT2D eigenvalue weighted by Gasteiger charge is 2.24. The van der Waals surface area contributed by atoms with Crippen LogP contribution < -0.4 is 10.1 Å². The maximum absolute atomic E-state index is 6.13. The molecule has 210 valence electrons. The minimum Gasteiger partial charge on any atom is -0.495 e. The average molecular weight is 603 g/mol. The molecule has 1 aromatic carbocycles. The van der Waals surface area contributed by atoms with Crippen molar-refractivity contribution in [3.8, 4) is 5.75 Å². The Kier molecular flexibility index (Phi) is 7.13. The topological polar surface area (TPSA) is 85.2 Å². The van der Waals surface area contributed by atoms with Crippen molar-refractivity contribution >= 4 is 72.4 Å². The van der Waals surface area contributed by atoms with E-state index in [4.69, 9.17) is 16.3 Å². The van der Waals surface area contributed by atoms with Gasteiger partial charge >= 0.3 is 0 Å². The number of hydrogen-bond donors (Lipinski definition) is 1. The molecule has 5 heterocycles. The number of thiophene rings is 2. The fourth-order valence-electron chi connectivity index (χ4n) is 6.14.